The molecule has 0 amide bonds. The number of thioether (sulfide) groups is 1. The molecule has 15 heterocycles. The number of hydrogen-bond acceptors (Lipinski definition) is 9. The number of aryl methyl sites for hydroxylation is 7. The van der Waals surface area contributed by atoms with Crippen LogP contribution in [0.1, 0.15) is 51.1 Å². The molecule has 127 heavy (non-hydrogen) atoms. The van der Waals surface area contributed by atoms with Crippen molar-refractivity contribution in [2.24, 2.45) is 0 Å². The molecule has 610 valence electrons. The minimum Gasteiger partial charge on any atom is -0.528 e. The van der Waals surface area contributed by atoms with Crippen LogP contribution in [0.2, 0.25) is 13.1 Å². The SMILES string of the molecule is Cc1ccc2c3c1c1ccccc1c1ncc(n13)CCC2.Cc1ccc2c3c1c1ccccc1c1ncc(n13)O[Si]2(C)C.Cc1ccc2c3c1c1ccccc1c1ncc(n13)O[Si]2(c1ccccc1)c1ccccc1.Cc1ccc2c3c1c1ccccc1c1ncc(n13)SC2.Cc1ccc2c3c1c1ccccc1c1ncc(n13)[Si](c1ccccc1)(c1ccccc1)O2. The van der Waals surface area contributed by atoms with Crippen LogP contribution in [0, 0.1) is 34.6 Å². The summed E-state index contributed by atoms with van der Waals surface area (Å²) in [7, 11) is -7.56. The number of imidazole rings is 5. The Labute approximate surface area is 738 Å². The predicted molar refractivity (Wildman–Crippen MR) is 530 cm³/mol. The van der Waals surface area contributed by atoms with E-state index < -0.39 is 25.0 Å². The lowest BCUT2D eigenvalue weighted by Crippen LogP contribution is -2.73. The summed E-state index contributed by atoms with van der Waals surface area (Å²) in [6.07, 6.45) is 13.4. The molecular weight excluding hydrogens is 1630 g/mol. The first kappa shape index (κ1) is 75.1. The van der Waals surface area contributed by atoms with Gasteiger partial charge in [-0.2, -0.15) is 0 Å². The Kier molecular flexibility index (Phi) is 16.9. The van der Waals surface area contributed by atoms with Crippen molar-refractivity contribution in [2.75, 3.05) is 0 Å². The van der Waals surface area contributed by atoms with Crippen LogP contribution in [-0.4, -0.2) is 71.9 Å². The Morgan fingerprint density at radius 1 is 0.283 bits per heavy atom. The zero-order valence-corrected chi connectivity index (χ0v) is 75.0. The fourth-order valence-corrected chi connectivity index (χ4v) is 32.7. The van der Waals surface area contributed by atoms with Gasteiger partial charge < -0.3 is 13.3 Å². The highest BCUT2D eigenvalue weighted by molar-refractivity contribution is 7.98. The minimum absolute atomic E-state index is 0.827. The highest BCUT2D eigenvalue weighted by Crippen LogP contribution is 2.46. The second-order valence-corrected chi connectivity index (χ2v) is 46.2. The molecular formula is C110H84N10O3SSi3. The first-order valence-electron chi connectivity index (χ1n) is 43.8. The van der Waals surface area contributed by atoms with Crippen molar-refractivity contribution in [3.63, 3.8) is 0 Å². The zero-order chi connectivity index (χ0) is 84.9. The largest absolute Gasteiger partial charge is 0.528 e. The van der Waals surface area contributed by atoms with Crippen LogP contribution in [0.4, 0.5) is 0 Å². The van der Waals surface area contributed by atoms with Crippen molar-refractivity contribution in [3.05, 3.63) is 379 Å². The second-order valence-electron chi connectivity index (χ2n) is 34.9. The number of nitrogens with zero attached hydrogens (tertiary/aromatic N) is 10. The molecule has 0 N–H and O–H groups in total. The normalized spacial score (nSPS) is 14.5. The monoisotopic (exact) mass is 1710 g/mol. The number of aromatic nitrogens is 10. The summed E-state index contributed by atoms with van der Waals surface area (Å²) in [6, 6.07) is 108. The summed E-state index contributed by atoms with van der Waals surface area (Å²) in [6.45, 7) is 15.5. The van der Waals surface area contributed by atoms with Gasteiger partial charge in [-0.15, -0.1) is 11.8 Å². The number of benzene rings is 14. The molecule has 0 fully saturated rings. The third-order valence-electron chi connectivity index (χ3n) is 27.4. The van der Waals surface area contributed by atoms with Gasteiger partial charge in [0.15, 0.2) is 0 Å². The number of pyridine rings is 5. The van der Waals surface area contributed by atoms with E-state index >= 15 is 0 Å². The highest BCUT2D eigenvalue weighted by Gasteiger charge is 2.51. The number of hydrogen-bond donors (Lipinski definition) is 0. The van der Waals surface area contributed by atoms with Gasteiger partial charge in [0.25, 0.3) is 8.32 Å². The van der Waals surface area contributed by atoms with E-state index in [9.17, 15) is 0 Å². The van der Waals surface area contributed by atoms with Crippen molar-refractivity contribution >= 4 is 210 Å². The lowest BCUT2D eigenvalue weighted by Gasteiger charge is -2.37. The van der Waals surface area contributed by atoms with E-state index in [2.05, 4.69) is 395 Å². The molecule has 10 aromatic heterocycles. The molecule has 0 radical (unpaired) electrons. The van der Waals surface area contributed by atoms with Crippen LogP contribution >= 0.6 is 11.8 Å². The van der Waals surface area contributed by atoms with Gasteiger partial charge in [-0.05, 0) is 160 Å². The third kappa shape index (κ3) is 10.9. The standard InChI is InChI=1S/2C28H20N2OSi.C19H16N2.C18H16N2OSi.C17H12N2S/c1-19-16-17-24-27-26(19)22-14-8-9-15-23(22)28-29-18-25(30(27)28)31-32(24,20-10-4-2-5-11-20)21-12-6-3-7-13-21;1-19-16-17-24-27-26(19)22-14-8-9-15-23(22)28-29-18-25(30(27)28)32(31-24,20-10-4-2-5-11-20)21-12-6-3-7-13-21;1-12-9-10-13-5-4-6-14-11-20-19-16-8-3-2-7-15(16)17(12)18(13)21(14)19;1-11-8-9-14-17-16(11)12-6-4-5-7-13(12)18-19-10-15(20(17)18)21-22(14,2)3;1-10-6-7-11-9-20-14-8-18-17-13-5-3-2-4-12(13)15(10)16(11)19(14)17/h2*2-18H,1H3;2-3,7-11H,4-6H2,1H3;4-10H,1-3H3;2-8H,9H2,1H3. The van der Waals surface area contributed by atoms with Gasteiger partial charge in [0, 0.05) is 88.1 Å². The lowest BCUT2D eigenvalue weighted by molar-refractivity contribution is 0.532. The van der Waals surface area contributed by atoms with Crippen molar-refractivity contribution in [2.45, 2.75) is 77.8 Å². The summed E-state index contributed by atoms with van der Waals surface area (Å²) in [4.78, 5) is 23.9. The van der Waals surface area contributed by atoms with Crippen molar-refractivity contribution in [1.82, 2.24) is 46.9 Å². The van der Waals surface area contributed by atoms with Crippen molar-refractivity contribution in [3.8, 4) is 17.5 Å². The van der Waals surface area contributed by atoms with Crippen LogP contribution in [-0.2, 0) is 18.6 Å². The van der Waals surface area contributed by atoms with Gasteiger partial charge in [-0.25, -0.2) is 24.9 Å². The first-order chi connectivity index (χ1) is 62.3. The average Bonchev–Trinajstić information content (AvgIpc) is 1.66. The molecule has 0 unspecified atom stereocenters. The predicted octanol–water partition coefficient (Wildman–Crippen LogP) is 21.4. The molecule has 14 aromatic carbocycles. The van der Waals surface area contributed by atoms with Crippen molar-refractivity contribution < 1.29 is 13.3 Å². The van der Waals surface area contributed by atoms with Crippen molar-refractivity contribution in [1.29, 1.82) is 0 Å². The molecule has 0 aliphatic carbocycles. The topological polar surface area (TPSA) is 114 Å². The number of fused-ring (bicyclic) bond motifs is 15. The molecule has 0 saturated heterocycles. The molecule has 5 aliphatic heterocycles. The Morgan fingerprint density at radius 3 is 1.15 bits per heavy atom. The first-order valence-corrected chi connectivity index (χ1v) is 51.5. The summed E-state index contributed by atoms with van der Waals surface area (Å²) >= 11 is 1.88. The van der Waals surface area contributed by atoms with E-state index in [-0.39, 0.29) is 0 Å². The second kappa shape index (κ2) is 28.5. The van der Waals surface area contributed by atoms with E-state index in [1.54, 1.807) is 0 Å². The molecule has 0 saturated carbocycles. The molecule has 0 bridgehead atoms. The number of rotatable bonds is 4. The summed E-state index contributed by atoms with van der Waals surface area (Å²) in [5.74, 6) is 3.69. The summed E-state index contributed by atoms with van der Waals surface area (Å²) < 4.78 is 32.2. The Hall–Kier alpha value is -14.5. The molecule has 0 atom stereocenters. The summed E-state index contributed by atoms with van der Waals surface area (Å²) in [5.41, 5.74) is 22.3. The lowest BCUT2D eigenvalue weighted by atomic mass is 9.97. The van der Waals surface area contributed by atoms with E-state index in [0.29, 0.717) is 0 Å². The van der Waals surface area contributed by atoms with Crippen LogP contribution in [0.15, 0.2) is 339 Å². The Bertz CT molecular complexity index is 8710. The van der Waals surface area contributed by atoms with Gasteiger partial charge in [0.2, 0.25) is 11.8 Å². The molecule has 13 nitrogen and oxygen atoms in total. The Balaban J connectivity index is 0.0000000876. The Morgan fingerprint density at radius 2 is 0.646 bits per heavy atom. The highest BCUT2D eigenvalue weighted by atomic mass is 32.2. The summed E-state index contributed by atoms with van der Waals surface area (Å²) in [5, 5.41) is 29.1. The van der Waals surface area contributed by atoms with Gasteiger partial charge >= 0.3 is 16.6 Å². The average molecular weight is 1710 g/mol. The van der Waals surface area contributed by atoms with E-state index in [4.69, 9.17) is 28.2 Å². The van der Waals surface area contributed by atoms with Crippen LogP contribution < -0.4 is 49.7 Å². The molecule has 17 heteroatoms. The fourth-order valence-electron chi connectivity index (χ4n) is 21.8. The zero-order valence-electron chi connectivity index (χ0n) is 71.2. The smallest absolute Gasteiger partial charge is 0.365 e. The van der Waals surface area contributed by atoms with Gasteiger partial charge in [0.1, 0.15) is 39.0 Å². The van der Waals surface area contributed by atoms with E-state index in [1.807, 2.05) is 30.4 Å². The maximum absolute atomic E-state index is 7.19. The molecule has 24 aromatic rings. The maximum Gasteiger partial charge on any atom is 0.365 e. The quantitative estimate of drug-likeness (QED) is 0.125. The van der Waals surface area contributed by atoms with Crippen LogP contribution in [0.5, 0.6) is 17.5 Å². The van der Waals surface area contributed by atoms with Crippen LogP contribution in [0.3, 0.4) is 0 Å². The van der Waals surface area contributed by atoms with E-state index in [0.717, 1.165) is 75.2 Å². The van der Waals surface area contributed by atoms with Gasteiger partial charge in [-0.1, -0.05) is 297 Å². The minimum atomic E-state index is -2.81. The molecule has 0 spiro atoms. The molecule has 29 rings (SSSR count). The van der Waals surface area contributed by atoms with Gasteiger partial charge in [0.05, 0.1) is 51.5 Å². The molecule has 5 aliphatic rings. The van der Waals surface area contributed by atoms with Crippen LogP contribution in [0.25, 0.3) is 137 Å². The van der Waals surface area contributed by atoms with Gasteiger partial charge in [-0.3, -0.25) is 22.0 Å². The third-order valence-corrected chi connectivity index (χ3v) is 38.7. The fraction of sp³-hybridized carbons (Fsp3) is 0.100. The maximum atomic E-state index is 7.19. The van der Waals surface area contributed by atoms with E-state index in [1.165, 1.54) is 190 Å².